The first kappa shape index (κ1) is 11.9. The highest BCUT2D eigenvalue weighted by atomic mass is 32.1. The number of nitrogens with one attached hydrogen (secondary N) is 2. The Bertz CT molecular complexity index is 757. The number of hydrogen-bond donors (Lipinski definition) is 2. The van der Waals surface area contributed by atoms with Crippen LogP contribution in [0.1, 0.15) is 20.4 Å². The fourth-order valence-corrected chi connectivity index (χ4v) is 2.93. The van der Waals surface area contributed by atoms with Gasteiger partial charge in [-0.2, -0.15) is 0 Å². The lowest BCUT2D eigenvalue weighted by Crippen LogP contribution is -2.13. The minimum Gasteiger partial charge on any atom is -0.361 e. The Hall–Kier alpha value is -2.14. The van der Waals surface area contributed by atoms with E-state index in [4.69, 9.17) is 0 Å². The maximum atomic E-state index is 12.2. The van der Waals surface area contributed by atoms with Gasteiger partial charge in [0.2, 0.25) is 0 Å². The average Bonchev–Trinajstić information content (AvgIpc) is 2.96. The standard InChI is InChI=1S/C14H13N3OS/c1-8-13(16-9(2)19-8)14(18)17-12-5-3-4-11-10(12)6-7-15-11/h3-7,15H,1-2H3,(H,17,18). The second kappa shape index (κ2) is 4.51. The highest BCUT2D eigenvalue weighted by Crippen LogP contribution is 2.24. The minimum atomic E-state index is -0.157. The number of fused-ring (bicyclic) bond motifs is 1. The van der Waals surface area contributed by atoms with Gasteiger partial charge in [-0.1, -0.05) is 6.07 Å². The number of aryl methyl sites for hydroxylation is 2. The molecule has 0 spiro atoms. The summed E-state index contributed by atoms with van der Waals surface area (Å²) < 4.78 is 0. The molecule has 96 valence electrons. The van der Waals surface area contributed by atoms with Crippen LogP contribution < -0.4 is 5.32 Å². The van der Waals surface area contributed by atoms with E-state index in [-0.39, 0.29) is 5.91 Å². The number of hydrogen-bond acceptors (Lipinski definition) is 3. The zero-order chi connectivity index (χ0) is 13.4. The molecule has 0 bridgehead atoms. The second-order valence-electron chi connectivity index (χ2n) is 4.34. The molecule has 3 aromatic rings. The van der Waals surface area contributed by atoms with Gasteiger partial charge in [0.25, 0.3) is 5.91 Å². The van der Waals surface area contributed by atoms with Gasteiger partial charge in [-0.15, -0.1) is 11.3 Å². The molecule has 3 rings (SSSR count). The van der Waals surface area contributed by atoms with Gasteiger partial charge < -0.3 is 10.3 Å². The van der Waals surface area contributed by atoms with Crippen molar-refractivity contribution in [2.24, 2.45) is 0 Å². The molecule has 2 heterocycles. The van der Waals surface area contributed by atoms with Crippen LogP contribution in [0, 0.1) is 13.8 Å². The summed E-state index contributed by atoms with van der Waals surface area (Å²) in [6, 6.07) is 7.73. The fourth-order valence-electron chi connectivity index (χ4n) is 2.12. The van der Waals surface area contributed by atoms with Crippen molar-refractivity contribution in [1.82, 2.24) is 9.97 Å². The maximum Gasteiger partial charge on any atom is 0.275 e. The van der Waals surface area contributed by atoms with Gasteiger partial charge >= 0.3 is 0 Å². The molecule has 2 aromatic heterocycles. The predicted octanol–water partition coefficient (Wildman–Crippen LogP) is 3.49. The number of nitrogens with zero attached hydrogens (tertiary/aromatic N) is 1. The third-order valence-electron chi connectivity index (χ3n) is 2.96. The minimum absolute atomic E-state index is 0.157. The molecule has 0 radical (unpaired) electrons. The van der Waals surface area contributed by atoms with E-state index in [0.717, 1.165) is 26.5 Å². The molecule has 0 atom stereocenters. The Kier molecular flexibility index (Phi) is 2.83. The van der Waals surface area contributed by atoms with E-state index < -0.39 is 0 Å². The Balaban J connectivity index is 1.95. The van der Waals surface area contributed by atoms with E-state index in [9.17, 15) is 4.79 Å². The van der Waals surface area contributed by atoms with Gasteiger partial charge in [0, 0.05) is 22.0 Å². The molecule has 4 nitrogen and oxygen atoms in total. The largest absolute Gasteiger partial charge is 0.361 e. The Labute approximate surface area is 114 Å². The van der Waals surface area contributed by atoms with Crippen molar-refractivity contribution < 1.29 is 4.79 Å². The van der Waals surface area contributed by atoms with Crippen LogP contribution in [-0.4, -0.2) is 15.9 Å². The van der Waals surface area contributed by atoms with Crippen LogP contribution in [-0.2, 0) is 0 Å². The van der Waals surface area contributed by atoms with Crippen LogP contribution in [0.25, 0.3) is 10.9 Å². The first-order chi connectivity index (χ1) is 9.15. The SMILES string of the molecule is Cc1nc(C(=O)Nc2cccc3[nH]ccc23)c(C)s1. The van der Waals surface area contributed by atoms with Gasteiger partial charge in [0.15, 0.2) is 0 Å². The summed E-state index contributed by atoms with van der Waals surface area (Å²) >= 11 is 1.54. The van der Waals surface area contributed by atoms with Crippen molar-refractivity contribution in [3.8, 4) is 0 Å². The fraction of sp³-hybridized carbons (Fsp3) is 0.143. The summed E-state index contributed by atoms with van der Waals surface area (Å²) in [4.78, 5) is 20.6. The number of anilines is 1. The van der Waals surface area contributed by atoms with Crippen LogP contribution in [0.2, 0.25) is 0 Å². The first-order valence-corrected chi connectivity index (χ1v) is 6.78. The van der Waals surface area contributed by atoms with Crippen molar-refractivity contribution in [1.29, 1.82) is 0 Å². The number of aromatic amines is 1. The highest BCUT2D eigenvalue weighted by molar-refractivity contribution is 7.11. The topological polar surface area (TPSA) is 57.8 Å². The third kappa shape index (κ3) is 2.13. The van der Waals surface area contributed by atoms with Gasteiger partial charge in [0.1, 0.15) is 5.69 Å². The molecule has 0 saturated heterocycles. The number of aromatic nitrogens is 2. The lowest BCUT2D eigenvalue weighted by atomic mass is 10.2. The molecule has 1 amide bonds. The molecular weight excluding hydrogens is 258 g/mol. The van der Waals surface area contributed by atoms with Crippen molar-refractivity contribution >= 4 is 33.8 Å². The average molecular weight is 271 g/mol. The number of amides is 1. The number of H-pyrrole nitrogens is 1. The van der Waals surface area contributed by atoms with Crippen LogP contribution in [0.4, 0.5) is 5.69 Å². The van der Waals surface area contributed by atoms with E-state index in [1.165, 1.54) is 11.3 Å². The van der Waals surface area contributed by atoms with E-state index in [0.29, 0.717) is 5.69 Å². The zero-order valence-electron chi connectivity index (χ0n) is 10.7. The van der Waals surface area contributed by atoms with Crippen LogP contribution in [0.15, 0.2) is 30.5 Å². The molecule has 0 fully saturated rings. The zero-order valence-corrected chi connectivity index (χ0v) is 11.5. The molecule has 0 unspecified atom stereocenters. The molecule has 0 aliphatic rings. The molecule has 1 aromatic carbocycles. The first-order valence-electron chi connectivity index (χ1n) is 5.96. The van der Waals surface area contributed by atoms with Crippen LogP contribution in [0.3, 0.4) is 0 Å². The smallest absolute Gasteiger partial charge is 0.275 e. The maximum absolute atomic E-state index is 12.2. The molecule has 5 heteroatoms. The van der Waals surface area contributed by atoms with Crippen molar-refractivity contribution in [3.63, 3.8) is 0 Å². The summed E-state index contributed by atoms with van der Waals surface area (Å²) in [7, 11) is 0. The summed E-state index contributed by atoms with van der Waals surface area (Å²) in [5, 5.41) is 4.83. The van der Waals surface area contributed by atoms with Crippen molar-refractivity contribution in [3.05, 3.63) is 46.0 Å². The van der Waals surface area contributed by atoms with Crippen LogP contribution in [0.5, 0.6) is 0 Å². The summed E-state index contributed by atoms with van der Waals surface area (Å²) in [6.07, 6.45) is 1.86. The van der Waals surface area contributed by atoms with Crippen LogP contribution >= 0.6 is 11.3 Å². The van der Waals surface area contributed by atoms with Gasteiger partial charge in [-0.3, -0.25) is 4.79 Å². The normalized spacial score (nSPS) is 10.8. The lowest BCUT2D eigenvalue weighted by molar-refractivity contribution is 0.102. The second-order valence-corrected chi connectivity index (χ2v) is 5.74. The van der Waals surface area contributed by atoms with E-state index >= 15 is 0 Å². The highest BCUT2D eigenvalue weighted by Gasteiger charge is 2.15. The van der Waals surface area contributed by atoms with Crippen molar-refractivity contribution in [2.45, 2.75) is 13.8 Å². The number of carbonyl (C=O) groups is 1. The number of thiazole rings is 1. The van der Waals surface area contributed by atoms with Gasteiger partial charge in [-0.05, 0) is 32.0 Å². The van der Waals surface area contributed by atoms with Crippen molar-refractivity contribution in [2.75, 3.05) is 5.32 Å². The Morgan fingerprint density at radius 3 is 2.89 bits per heavy atom. The molecular formula is C14H13N3OS. The Morgan fingerprint density at radius 2 is 2.16 bits per heavy atom. The van der Waals surface area contributed by atoms with E-state index in [1.54, 1.807) is 0 Å². The number of rotatable bonds is 2. The molecule has 19 heavy (non-hydrogen) atoms. The Morgan fingerprint density at radius 1 is 1.32 bits per heavy atom. The monoisotopic (exact) mass is 271 g/mol. The predicted molar refractivity (Wildman–Crippen MR) is 77.8 cm³/mol. The van der Waals surface area contributed by atoms with E-state index in [2.05, 4.69) is 15.3 Å². The van der Waals surface area contributed by atoms with Gasteiger partial charge in [0.05, 0.1) is 10.7 Å². The number of benzene rings is 1. The summed E-state index contributed by atoms with van der Waals surface area (Å²) in [5.41, 5.74) is 2.31. The molecule has 0 aliphatic carbocycles. The molecule has 0 aliphatic heterocycles. The summed E-state index contributed by atoms with van der Waals surface area (Å²) in [6.45, 7) is 3.82. The van der Waals surface area contributed by atoms with E-state index in [1.807, 2.05) is 44.3 Å². The molecule has 0 saturated carbocycles. The third-order valence-corrected chi connectivity index (χ3v) is 3.85. The summed E-state index contributed by atoms with van der Waals surface area (Å²) in [5.74, 6) is -0.157. The van der Waals surface area contributed by atoms with Gasteiger partial charge in [-0.25, -0.2) is 4.98 Å². The lowest BCUT2D eigenvalue weighted by Gasteiger charge is -2.05. The quantitative estimate of drug-likeness (QED) is 0.749. The number of carbonyl (C=O) groups excluding carboxylic acids is 1. The molecule has 2 N–H and O–H groups in total.